The van der Waals surface area contributed by atoms with Gasteiger partial charge in [0.05, 0.1) is 12.2 Å². The van der Waals surface area contributed by atoms with E-state index in [1.54, 1.807) is 32.6 Å². The summed E-state index contributed by atoms with van der Waals surface area (Å²) >= 11 is 0. The Balaban J connectivity index is 2.14. The fraction of sp³-hybridized carbons (Fsp3) is 0.636. The maximum absolute atomic E-state index is 13.2. The number of hydrogen-bond donors (Lipinski definition) is 0. The highest BCUT2D eigenvalue weighted by atomic mass is 19.4. The zero-order chi connectivity index (χ0) is 22.5. The third-order valence-corrected chi connectivity index (χ3v) is 4.96. The Kier molecular flexibility index (Phi) is 7.77. The van der Waals surface area contributed by atoms with Crippen LogP contribution in [0.1, 0.15) is 69.6 Å². The number of halogens is 3. The van der Waals surface area contributed by atoms with E-state index in [4.69, 9.17) is 9.47 Å². The number of rotatable bonds is 5. The molecule has 0 bridgehead atoms. The Labute approximate surface area is 175 Å². The second-order valence-corrected chi connectivity index (χ2v) is 8.46. The minimum Gasteiger partial charge on any atom is -0.466 e. The Morgan fingerprint density at radius 2 is 1.77 bits per heavy atom. The van der Waals surface area contributed by atoms with E-state index in [1.165, 1.54) is 6.07 Å². The van der Waals surface area contributed by atoms with E-state index in [2.05, 4.69) is 0 Å². The molecule has 5 nitrogen and oxygen atoms in total. The van der Waals surface area contributed by atoms with E-state index in [0.29, 0.717) is 31.5 Å². The molecule has 0 N–H and O–H groups in total. The van der Waals surface area contributed by atoms with Gasteiger partial charge < -0.3 is 14.4 Å². The molecule has 1 fully saturated rings. The number of esters is 1. The van der Waals surface area contributed by atoms with Crippen molar-refractivity contribution in [3.05, 3.63) is 34.9 Å². The zero-order valence-corrected chi connectivity index (χ0v) is 18.0. The van der Waals surface area contributed by atoms with Crippen molar-refractivity contribution in [3.63, 3.8) is 0 Å². The SMILES string of the molecule is CCOC(=O)CCc1cc(C(F)(F)F)ccc1C1CCN(C(=O)OC(C)(C)C)CC1. The van der Waals surface area contributed by atoms with Crippen LogP contribution in [0.3, 0.4) is 0 Å². The van der Waals surface area contributed by atoms with Gasteiger partial charge in [0.1, 0.15) is 5.60 Å². The normalized spacial score (nSPS) is 15.8. The van der Waals surface area contributed by atoms with Crippen molar-refractivity contribution in [1.29, 1.82) is 0 Å². The molecule has 0 saturated carbocycles. The second-order valence-electron chi connectivity index (χ2n) is 8.46. The molecule has 0 radical (unpaired) electrons. The van der Waals surface area contributed by atoms with Crippen molar-refractivity contribution in [3.8, 4) is 0 Å². The van der Waals surface area contributed by atoms with Crippen molar-refractivity contribution in [2.75, 3.05) is 19.7 Å². The number of likely N-dealkylation sites (tertiary alicyclic amines) is 1. The summed E-state index contributed by atoms with van der Waals surface area (Å²) in [5.41, 5.74) is 0.00257. The molecular weight excluding hydrogens is 399 g/mol. The lowest BCUT2D eigenvalue weighted by Crippen LogP contribution is -2.41. The van der Waals surface area contributed by atoms with Crippen molar-refractivity contribution >= 4 is 12.1 Å². The Bertz CT molecular complexity index is 748. The van der Waals surface area contributed by atoms with Gasteiger partial charge >= 0.3 is 18.2 Å². The van der Waals surface area contributed by atoms with Gasteiger partial charge in [0.15, 0.2) is 0 Å². The van der Waals surface area contributed by atoms with Gasteiger partial charge in [-0.05, 0) is 76.1 Å². The zero-order valence-electron chi connectivity index (χ0n) is 18.0. The lowest BCUT2D eigenvalue weighted by atomic mass is 9.84. The van der Waals surface area contributed by atoms with E-state index in [9.17, 15) is 22.8 Å². The molecule has 2 rings (SSSR count). The van der Waals surface area contributed by atoms with Crippen molar-refractivity contribution in [2.24, 2.45) is 0 Å². The lowest BCUT2D eigenvalue weighted by Gasteiger charge is -2.34. The predicted octanol–water partition coefficient (Wildman–Crippen LogP) is 5.32. The molecule has 168 valence electrons. The summed E-state index contributed by atoms with van der Waals surface area (Å²) in [7, 11) is 0. The highest BCUT2D eigenvalue weighted by Crippen LogP contribution is 2.36. The summed E-state index contributed by atoms with van der Waals surface area (Å²) in [4.78, 5) is 25.6. The average molecular weight is 429 g/mol. The molecule has 30 heavy (non-hydrogen) atoms. The standard InChI is InChI=1S/C22H30F3NO4/c1-5-29-19(27)9-6-16-14-17(22(23,24)25)7-8-18(16)15-10-12-26(13-11-15)20(28)30-21(2,3)4/h7-8,14-15H,5-6,9-13H2,1-4H3. The van der Waals surface area contributed by atoms with Crippen molar-refractivity contribution in [1.82, 2.24) is 4.90 Å². The van der Waals surface area contributed by atoms with Gasteiger partial charge in [-0.1, -0.05) is 6.07 Å². The first-order valence-corrected chi connectivity index (χ1v) is 10.2. The largest absolute Gasteiger partial charge is 0.466 e. The number of ether oxygens (including phenoxy) is 2. The van der Waals surface area contributed by atoms with Crippen LogP contribution in [0, 0.1) is 0 Å². The predicted molar refractivity (Wildman–Crippen MR) is 106 cm³/mol. The van der Waals surface area contributed by atoms with E-state index in [1.807, 2.05) is 0 Å². The molecule has 1 aromatic rings. The molecule has 1 aliphatic rings. The van der Waals surface area contributed by atoms with Crippen LogP contribution in [0.5, 0.6) is 0 Å². The van der Waals surface area contributed by atoms with Gasteiger partial charge in [-0.3, -0.25) is 4.79 Å². The number of alkyl halides is 3. The number of carbonyl (C=O) groups excluding carboxylic acids is 2. The van der Waals surface area contributed by atoms with Crippen LogP contribution in [0.15, 0.2) is 18.2 Å². The molecule has 1 amide bonds. The van der Waals surface area contributed by atoms with Crippen LogP contribution in [0.4, 0.5) is 18.0 Å². The molecule has 0 unspecified atom stereocenters. The monoisotopic (exact) mass is 429 g/mol. The number of benzene rings is 1. The van der Waals surface area contributed by atoms with Crippen LogP contribution in [-0.2, 0) is 26.9 Å². The van der Waals surface area contributed by atoms with Crippen LogP contribution in [-0.4, -0.2) is 42.3 Å². The number of aryl methyl sites for hydroxylation is 1. The van der Waals surface area contributed by atoms with E-state index < -0.39 is 23.3 Å². The van der Waals surface area contributed by atoms with Crippen molar-refractivity contribution < 1.29 is 32.2 Å². The molecular formula is C22H30F3NO4. The fourth-order valence-corrected chi connectivity index (χ4v) is 3.57. The van der Waals surface area contributed by atoms with Crippen molar-refractivity contribution in [2.45, 2.75) is 71.1 Å². The van der Waals surface area contributed by atoms with Gasteiger partial charge in [0.2, 0.25) is 0 Å². The minimum absolute atomic E-state index is 0.0168. The smallest absolute Gasteiger partial charge is 0.416 e. The van der Waals surface area contributed by atoms with Gasteiger partial charge in [-0.15, -0.1) is 0 Å². The van der Waals surface area contributed by atoms with Gasteiger partial charge in [-0.2, -0.15) is 13.2 Å². The van der Waals surface area contributed by atoms with E-state index >= 15 is 0 Å². The fourth-order valence-electron chi connectivity index (χ4n) is 3.57. The Morgan fingerprint density at radius 1 is 1.13 bits per heavy atom. The molecule has 0 aromatic heterocycles. The summed E-state index contributed by atoms with van der Waals surface area (Å²) in [6.45, 7) is 8.26. The first kappa shape index (κ1) is 24.0. The highest BCUT2D eigenvalue weighted by molar-refractivity contribution is 5.70. The number of nitrogens with zero attached hydrogens (tertiary/aromatic N) is 1. The minimum atomic E-state index is -4.45. The number of amides is 1. The molecule has 0 aliphatic carbocycles. The first-order valence-electron chi connectivity index (χ1n) is 10.2. The highest BCUT2D eigenvalue weighted by Gasteiger charge is 2.33. The molecule has 1 heterocycles. The maximum atomic E-state index is 13.2. The van der Waals surface area contributed by atoms with Crippen LogP contribution < -0.4 is 0 Å². The molecule has 0 spiro atoms. The number of piperidine rings is 1. The maximum Gasteiger partial charge on any atom is 0.416 e. The summed E-state index contributed by atoms with van der Waals surface area (Å²) in [5, 5.41) is 0. The third-order valence-electron chi connectivity index (χ3n) is 4.96. The summed E-state index contributed by atoms with van der Waals surface area (Å²) in [6.07, 6.45) is -3.37. The van der Waals surface area contributed by atoms with Gasteiger partial charge in [-0.25, -0.2) is 4.79 Å². The molecule has 1 aromatic carbocycles. The van der Waals surface area contributed by atoms with E-state index in [-0.39, 0.29) is 31.5 Å². The second kappa shape index (κ2) is 9.71. The Morgan fingerprint density at radius 3 is 2.30 bits per heavy atom. The van der Waals surface area contributed by atoms with Crippen LogP contribution in [0.2, 0.25) is 0 Å². The third kappa shape index (κ3) is 6.92. The molecule has 8 heteroatoms. The number of carbonyl (C=O) groups is 2. The summed E-state index contributed by atoms with van der Waals surface area (Å²) in [6, 6.07) is 3.73. The average Bonchev–Trinajstić information content (AvgIpc) is 2.64. The first-order chi connectivity index (χ1) is 13.9. The van der Waals surface area contributed by atoms with Crippen LogP contribution in [0.25, 0.3) is 0 Å². The topological polar surface area (TPSA) is 55.8 Å². The molecule has 1 saturated heterocycles. The summed E-state index contributed by atoms with van der Waals surface area (Å²) in [5.74, 6) is -0.413. The lowest BCUT2D eigenvalue weighted by molar-refractivity contribution is -0.143. The molecule has 1 aliphatic heterocycles. The van der Waals surface area contributed by atoms with E-state index in [0.717, 1.165) is 17.7 Å². The Hall–Kier alpha value is -2.25. The van der Waals surface area contributed by atoms with Gasteiger partial charge in [0, 0.05) is 19.5 Å². The number of hydrogen-bond acceptors (Lipinski definition) is 4. The quantitative estimate of drug-likeness (QED) is 0.595. The molecule has 0 atom stereocenters. The summed E-state index contributed by atoms with van der Waals surface area (Å²) < 4.78 is 49.9. The van der Waals surface area contributed by atoms with Gasteiger partial charge in [0.25, 0.3) is 0 Å². The van der Waals surface area contributed by atoms with Crippen LogP contribution >= 0.6 is 0 Å².